The summed E-state index contributed by atoms with van der Waals surface area (Å²) in [5.41, 5.74) is 1.04. The monoisotopic (exact) mass is 171 g/mol. The van der Waals surface area contributed by atoms with Gasteiger partial charge in [0.1, 0.15) is 0 Å². The lowest BCUT2D eigenvalue weighted by Gasteiger charge is -2.37. The van der Waals surface area contributed by atoms with Gasteiger partial charge in [-0.2, -0.15) is 11.8 Å². The van der Waals surface area contributed by atoms with Crippen LogP contribution in [0, 0.1) is 5.41 Å². The standard InChI is InChI=1S/C9H17NS/c1-8(2)9(3-5-10-8)4-6-11-7-9/h10H,3-7H2,1-2H3. The molecule has 2 heteroatoms. The van der Waals surface area contributed by atoms with Gasteiger partial charge >= 0.3 is 0 Å². The molecule has 1 N–H and O–H groups in total. The summed E-state index contributed by atoms with van der Waals surface area (Å²) in [6.45, 7) is 5.96. The van der Waals surface area contributed by atoms with Crippen molar-refractivity contribution in [3.05, 3.63) is 0 Å². The van der Waals surface area contributed by atoms with Gasteiger partial charge in [-0.25, -0.2) is 0 Å². The Morgan fingerprint density at radius 3 is 2.55 bits per heavy atom. The minimum Gasteiger partial charge on any atom is -0.311 e. The highest BCUT2D eigenvalue weighted by molar-refractivity contribution is 7.99. The minimum atomic E-state index is 0.399. The quantitative estimate of drug-likeness (QED) is 0.597. The summed E-state index contributed by atoms with van der Waals surface area (Å²) < 4.78 is 0. The highest BCUT2D eigenvalue weighted by Gasteiger charge is 2.50. The van der Waals surface area contributed by atoms with Crippen molar-refractivity contribution in [2.24, 2.45) is 5.41 Å². The van der Waals surface area contributed by atoms with Crippen molar-refractivity contribution < 1.29 is 0 Å². The van der Waals surface area contributed by atoms with E-state index in [-0.39, 0.29) is 0 Å². The number of rotatable bonds is 0. The maximum Gasteiger partial charge on any atom is 0.0190 e. The van der Waals surface area contributed by atoms with Crippen LogP contribution >= 0.6 is 11.8 Å². The minimum absolute atomic E-state index is 0.399. The Kier molecular flexibility index (Phi) is 1.73. The molecule has 11 heavy (non-hydrogen) atoms. The molecule has 2 rings (SSSR count). The average molecular weight is 171 g/mol. The normalized spacial score (nSPS) is 42.0. The van der Waals surface area contributed by atoms with Crippen molar-refractivity contribution in [2.45, 2.75) is 32.2 Å². The molecule has 1 unspecified atom stereocenters. The number of nitrogens with one attached hydrogen (secondary N) is 1. The SMILES string of the molecule is CC1(C)NCCC12CCSC2. The van der Waals surface area contributed by atoms with Gasteiger partial charge < -0.3 is 5.32 Å². The Morgan fingerprint density at radius 2 is 2.09 bits per heavy atom. The number of hydrogen-bond acceptors (Lipinski definition) is 2. The van der Waals surface area contributed by atoms with Crippen molar-refractivity contribution in [2.75, 3.05) is 18.1 Å². The van der Waals surface area contributed by atoms with Crippen LogP contribution in [-0.2, 0) is 0 Å². The predicted octanol–water partition coefficient (Wildman–Crippen LogP) is 1.88. The van der Waals surface area contributed by atoms with E-state index in [0.717, 1.165) is 0 Å². The second-order valence-electron chi connectivity index (χ2n) is 4.38. The Balaban J connectivity index is 2.22. The fraction of sp³-hybridized carbons (Fsp3) is 1.00. The second-order valence-corrected chi connectivity index (χ2v) is 5.49. The van der Waals surface area contributed by atoms with E-state index < -0.39 is 0 Å². The van der Waals surface area contributed by atoms with Crippen LogP contribution in [0.25, 0.3) is 0 Å². The predicted molar refractivity (Wildman–Crippen MR) is 51.1 cm³/mol. The maximum atomic E-state index is 3.62. The first kappa shape index (κ1) is 7.93. The molecule has 1 spiro atoms. The van der Waals surface area contributed by atoms with Crippen LogP contribution in [0.15, 0.2) is 0 Å². The molecule has 0 bridgehead atoms. The highest BCUT2D eigenvalue weighted by Crippen LogP contribution is 2.49. The summed E-state index contributed by atoms with van der Waals surface area (Å²) in [5, 5.41) is 3.62. The molecule has 0 aliphatic carbocycles. The van der Waals surface area contributed by atoms with E-state index in [4.69, 9.17) is 0 Å². The Hall–Kier alpha value is 0.310. The van der Waals surface area contributed by atoms with Crippen LogP contribution in [0.5, 0.6) is 0 Å². The molecule has 1 atom stereocenters. The largest absolute Gasteiger partial charge is 0.311 e. The Bertz CT molecular complexity index is 153. The Labute approximate surface area is 73.3 Å². The number of hydrogen-bond donors (Lipinski definition) is 1. The van der Waals surface area contributed by atoms with Crippen molar-refractivity contribution >= 4 is 11.8 Å². The summed E-state index contributed by atoms with van der Waals surface area (Å²) in [5.74, 6) is 2.76. The van der Waals surface area contributed by atoms with Crippen molar-refractivity contribution in [3.8, 4) is 0 Å². The van der Waals surface area contributed by atoms with Crippen molar-refractivity contribution in [1.82, 2.24) is 5.32 Å². The van der Waals surface area contributed by atoms with Crippen LogP contribution < -0.4 is 5.32 Å². The lowest BCUT2D eigenvalue weighted by Crippen LogP contribution is -2.46. The maximum absolute atomic E-state index is 3.62. The molecule has 0 saturated carbocycles. The van der Waals surface area contributed by atoms with E-state index in [0.29, 0.717) is 11.0 Å². The van der Waals surface area contributed by atoms with E-state index >= 15 is 0 Å². The summed E-state index contributed by atoms with van der Waals surface area (Å²) >= 11 is 2.13. The molecular formula is C9H17NS. The zero-order valence-corrected chi connectivity index (χ0v) is 8.26. The van der Waals surface area contributed by atoms with E-state index in [9.17, 15) is 0 Å². The van der Waals surface area contributed by atoms with Gasteiger partial charge in [-0.1, -0.05) is 0 Å². The summed E-state index contributed by atoms with van der Waals surface area (Å²) in [6, 6.07) is 0. The fourth-order valence-corrected chi connectivity index (χ4v) is 4.13. The average Bonchev–Trinajstić information content (AvgIpc) is 2.45. The van der Waals surface area contributed by atoms with Gasteiger partial charge in [0.15, 0.2) is 0 Å². The second kappa shape index (κ2) is 2.40. The molecule has 2 fully saturated rings. The zero-order chi connectivity index (χ0) is 7.95. The first-order valence-electron chi connectivity index (χ1n) is 4.49. The van der Waals surface area contributed by atoms with E-state index in [1.165, 1.54) is 30.9 Å². The van der Waals surface area contributed by atoms with Crippen LogP contribution in [-0.4, -0.2) is 23.6 Å². The van der Waals surface area contributed by atoms with Gasteiger partial charge in [0.25, 0.3) is 0 Å². The van der Waals surface area contributed by atoms with E-state index in [2.05, 4.69) is 30.9 Å². The molecule has 1 nitrogen and oxygen atoms in total. The molecule has 2 heterocycles. The first-order chi connectivity index (χ1) is 5.16. The third kappa shape index (κ3) is 1.03. The first-order valence-corrected chi connectivity index (χ1v) is 5.65. The molecular weight excluding hydrogens is 154 g/mol. The molecule has 0 aromatic heterocycles. The molecule has 0 aromatic rings. The van der Waals surface area contributed by atoms with Gasteiger partial charge in [-0.05, 0) is 44.4 Å². The molecule has 2 aliphatic heterocycles. The number of thioether (sulfide) groups is 1. The molecule has 64 valence electrons. The van der Waals surface area contributed by atoms with Crippen LogP contribution in [0.2, 0.25) is 0 Å². The van der Waals surface area contributed by atoms with E-state index in [1.807, 2.05) is 0 Å². The topological polar surface area (TPSA) is 12.0 Å². The molecule has 0 aromatic carbocycles. The van der Waals surface area contributed by atoms with Crippen LogP contribution in [0.3, 0.4) is 0 Å². The van der Waals surface area contributed by atoms with E-state index in [1.54, 1.807) is 0 Å². The lowest BCUT2D eigenvalue weighted by molar-refractivity contribution is 0.206. The molecule has 2 aliphatic rings. The fourth-order valence-electron chi connectivity index (χ4n) is 2.41. The van der Waals surface area contributed by atoms with Crippen molar-refractivity contribution in [3.63, 3.8) is 0 Å². The van der Waals surface area contributed by atoms with Gasteiger partial charge in [0.05, 0.1) is 0 Å². The van der Waals surface area contributed by atoms with Crippen molar-refractivity contribution in [1.29, 1.82) is 0 Å². The third-order valence-corrected chi connectivity index (χ3v) is 4.85. The summed E-state index contributed by atoms with van der Waals surface area (Å²) in [4.78, 5) is 0. The molecule has 0 radical (unpaired) electrons. The zero-order valence-electron chi connectivity index (χ0n) is 7.44. The van der Waals surface area contributed by atoms with Crippen LogP contribution in [0.4, 0.5) is 0 Å². The smallest absolute Gasteiger partial charge is 0.0190 e. The third-order valence-electron chi connectivity index (χ3n) is 3.60. The Morgan fingerprint density at radius 1 is 1.27 bits per heavy atom. The molecule has 2 saturated heterocycles. The molecule has 0 amide bonds. The summed E-state index contributed by atoms with van der Waals surface area (Å²) in [6.07, 6.45) is 2.82. The highest BCUT2D eigenvalue weighted by atomic mass is 32.2. The van der Waals surface area contributed by atoms with Gasteiger partial charge in [0, 0.05) is 11.3 Å². The van der Waals surface area contributed by atoms with Crippen LogP contribution in [0.1, 0.15) is 26.7 Å². The van der Waals surface area contributed by atoms with Gasteiger partial charge in [0.2, 0.25) is 0 Å². The van der Waals surface area contributed by atoms with Gasteiger partial charge in [-0.15, -0.1) is 0 Å². The summed E-state index contributed by atoms with van der Waals surface area (Å²) in [7, 11) is 0. The van der Waals surface area contributed by atoms with Gasteiger partial charge in [-0.3, -0.25) is 0 Å². The lowest BCUT2D eigenvalue weighted by atomic mass is 9.72.